The highest BCUT2D eigenvalue weighted by Crippen LogP contribution is 2.14. The highest BCUT2D eigenvalue weighted by atomic mass is 32.1. The smallest absolute Gasteiger partial charge is 0.229 e. The number of morpholine rings is 1. The Kier molecular flexibility index (Phi) is 3.40. The van der Waals surface area contributed by atoms with Crippen LogP contribution < -0.4 is 5.73 Å². The molecule has 2 heterocycles. The summed E-state index contributed by atoms with van der Waals surface area (Å²) in [4.78, 5) is 17.9. The van der Waals surface area contributed by atoms with E-state index in [1.807, 2.05) is 17.2 Å². The minimum absolute atomic E-state index is 0.0982. The lowest BCUT2D eigenvalue weighted by molar-refractivity contribution is -0.138. The minimum Gasteiger partial charge on any atom is -0.377 e. The first-order chi connectivity index (χ1) is 7.66. The zero-order chi connectivity index (χ0) is 11.5. The van der Waals surface area contributed by atoms with Gasteiger partial charge in [-0.2, -0.15) is 0 Å². The number of aromatic nitrogens is 1. The molecular formula is C10H15N3O2S. The van der Waals surface area contributed by atoms with Crippen LogP contribution in [0.3, 0.4) is 0 Å². The maximum Gasteiger partial charge on any atom is 0.229 e. The molecule has 88 valence electrons. The van der Waals surface area contributed by atoms with Gasteiger partial charge in [-0.3, -0.25) is 4.79 Å². The zero-order valence-electron chi connectivity index (χ0n) is 9.18. The summed E-state index contributed by atoms with van der Waals surface area (Å²) in [5, 5.41) is 2.34. The number of nitrogen functional groups attached to an aromatic ring is 1. The summed E-state index contributed by atoms with van der Waals surface area (Å²) in [6, 6.07) is 0.150. The molecule has 0 radical (unpaired) electrons. The molecule has 1 saturated heterocycles. The normalized spacial score (nSPS) is 21.1. The van der Waals surface area contributed by atoms with Crippen LogP contribution in [-0.2, 0) is 16.0 Å². The van der Waals surface area contributed by atoms with Gasteiger partial charge in [0, 0.05) is 11.9 Å². The van der Waals surface area contributed by atoms with E-state index in [2.05, 4.69) is 4.98 Å². The van der Waals surface area contributed by atoms with Crippen LogP contribution in [0.15, 0.2) is 5.38 Å². The van der Waals surface area contributed by atoms with Gasteiger partial charge in [-0.05, 0) is 6.92 Å². The summed E-state index contributed by atoms with van der Waals surface area (Å²) < 4.78 is 5.29. The average Bonchev–Trinajstić information content (AvgIpc) is 2.64. The fraction of sp³-hybridized carbons (Fsp3) is 0.600. The Hall–Kier alpha value is -1.14. The third-order valence-electron chi connectivity index (χ3n) is 2.59. The van der Waals surface area contributed by atoms with Gasteiger partial charge in [-0.15, -0.1) is 11.3 Å². The van der Waals surface area contributed by atoms with E-state index in [0.717, 1.165) is 5.69 Å². The van der Waals surface area contributed by atoms with E-state index in [4.69, 9.17) is 10.5 Å². The van der Waals surface area contributed by atoms with Crippen molar-refractivity contribution in [1.29, 1.82) is 0 Å². The Morgan fingerprint density at radius 3 is 3.25 bits per heavy atom. The van der Waals surface area contributed by atoms with Gasteiger partial charge in [-0.25, -0.2) is 4.98 Å². The second-order valence-corrected chi connectivity index (χ2v) is 4.75. The first-order valence-corrected chi connectivity index (χ1v) is 6.12. The summed E-state index contributed by atoms with van der Waals surface area (Å²) >= 11 is 1.37. The Labute approximate surface area is 98.2 Å². The van der Waals surface area contributed by atoms with Gasteiger partial charge in [0.05, 0.1) is 31.4 Å². The van der Waals surface area contributed by atoms with Crippen LogP contribution in [0.2, 0.25) is 0 Å². The molecular weight excluding hydrogens is 226 g/mol. The van der Waals surface area contributed by atoms with Crippen LogP contribution in [0.4, 0.5) is 5.13 Å². The monoisotopic (exact) mass is 241 g/mol. The molecule has 0 aliphatic carbocycles. The van der Waals surface area contributed by atoms with Crippen molar-refractivity contribution in [3.05, 3.63) is 11.1 Å². The molecule has 0 saturated carbocycles. The lowest BCUT2D eigenvalue weighted by Crippen LogP contribution is -2.47. The van der Waals surface area contributed by atoms with E-state index < -0.39 is 0 Å². The standard InChI is InChI=1S/C10H15N3O2S/c1-7-5-15-3-2-13(7)9(14)4-8-6-16-10(11)12-8/h6-7H,2-5H2,1H3,(H2,11,12). The molecule has 5 nitrogen and oxygen atoms in total. The highest BCUT2D eigenvalue weighted by Gasteiger charge is 2.24. The highest BCUT2D eigenvalue weighted by molar-refractivity contribution is 7.13. The fourth-order valence-electron chi connectivity index (χ4n) is 1.76. The third kappa shape index (κ3) is 2.51. The van der Waals surface area contributed by atoms with Gasteiger partial charge in [-0.1, -0.05) is 0 Å². The number of carbonyl (C=O) groups excluding carboxylic acids is 1. The summed E-state index contributed by atoms with van der Waals surface area (Å²) in [7, 11) is 0. The predicted octanol–water partition coefficient (Wildman–Crippen LogP) is 0.515. The van der Waals surface area contributed by atoms with Crippen LogP contribution in [0.5, 0.6) is 0 Å². The Morgan fingerprint density at radius 1 is 1.81 bits per heavy atom. The number of rotatable bonds is 2. The zero-order valence-corrected chi connectivity index (χ0v) is 10.00. The molecule has 1 aliphatic rings. The van der Waals surface area contributed by atoms with E-state index in [-0.39, 0.29) is 11.9 Å². The van der Waals surface area contributed by atoms with Crippen LogP contribution in [0.1, 0.15) is 12.6 Å². The predicted molar refractivity (Wildman–Crippen MR) is 62.2 cm³/mol. The molecule has 0 bridgehead atoms. The van der Waals surface area contributed by atoms with Gasteiger partial charge in [0.1, 0.15) is 0 Å². The number of amides is 1. The lowest BCUT2D eigenvalue weighted by Gasteiger charge is -2.33. The molecule has 0 aromatic carbocycles. The van der Waals surface area contributed by atoms with Crippen molar-refractivity contribution in [2.45, 2.75) is 19.4 Å². The SMILES string of the molecule is CC1COCCN1C(=O)Cc1csc(N)n1. The van der Waals surface area contributed by atoms with Crippen molar-refractivity contribution in [3.63, 3.8) is 0 Å². The third-order valence-corrected chi connectivity index (χ3v) is 3.31. The number of hydrogen-bond donors (Lipinski definition) is 1. The van der Waals surface area contributed by atoms with Crippen LogP contribution in [-0.4, -0.2) is 41.6 Å². The van der Waals surface area contributed by atoms with Gasteiger partial charge in [0.2, 0.25) is 5.91 Å². The number of carbonyl (C=O) groups is 1. The van der Waals surface area contributed by atoms with E-state index in [1.165, 1.54) is 11.3 Å². The van der Waals surface area contributed by atoms with Gasteiger partial charge in [0.15, 0.2) is 5.13 Å². The molecule has 1 atom stereocenters. The van der Waals surface area contributed by atoms with Gasteiger partial charge < -0.3 is 15.4 Å². The summed E-state index contributed by atoms with van der Waals surface area (Å²) in [5.41, 5.74) is 6.28. The molecule has 6 heteroatoms. The van der Waals surface area contributed by atoms with E-state index >= 15 is 0 Å². The van der Waals surface area contributed by atoms with Crippen molar-refractivity contribution >= 4 is 22.4 Å². The molecule has 1 unspecified atom stereocenters. The van der Waals surface area contributed by atoms with Crippen LogP contribution in [0, 0.1) is 0 Å². The van der Waals surface area contributed by atoms with Crippen molar-refractivity contribution in [2.75, 3.05) is 25.5 Å². The first-order valence-electron chi connectivity index (χ1n) is 5.24. The maximum atomic E-state index is 12.0. The number of nitrogens with zero attached hydrogens (tertiary/aromatic N) is 2. The molecule has 0 spiro atoms. The van der Waals surface area contributed by atoms with Crippen LogP contribution in [0.25, 0.3) is 0 Å². The summed E-state index contributed by atoms with van der Waals surface area (Å²) in [5.74, 6) is 0.0982. The Morgan fingerprint density at radius 2 is 2.62 bits per heavy atom. The molecule has 1 amide bonds. The average molecular weight is 241 g/mol. The number of hydrogen-bond acceptors (Lipinski definition) is 5. The molecule has 16 heavy (non-hydrogen) atoms. The number of nitrogens with two attached hydrogens (primary N) is 1. The number of anilines is 1. The second kappa shape index (κ2) is 4.80. The minimum atomic E-state index is 0.0982. The first kappa shape index (κ1) is 11.3. The van der Waals surface area contributed by atoms with E-state index in [0.29, 0.717) is 31.3 Å². The molecule has 1 aromatic heterocycles. The van der Waals surface area contributed by atoms with E-state index in [9.17, 15) is 4.79 Å². The quantitative estimate of drug-likeness (QED) is 0.819. The van der Waals surface area contributed by atoms with E-state index in [1.54, 1.807) is 0 Å². The van der Waals surface area contributed by atoms with Crippen molar-refractivity contribution in [2.24, 2.45) is 0 Å². The second-order valence-electron chi connectivity index (χ2n) is 3.86. The molecule has 2 rings (SSSR count). The summed E-state index contributed by atoms with van der Waals surface area (Å²) in [6.45, 7) is 3.90. The number of thiazole rings is 1. The van der Waals surface area contributed by atoms with Crippen molar-refractivity contribution < 1.29 is 9.53 Å². The van der Waals surface area contributed by atoms with Crippen molar-refractivity contribution in [1.82, 2.24) is 9.88 Å². The summed E-state index contributed by atoms with van der Waals surface area (Å²) in [6.07, 6.45) is 0.331. The van der Waals surface area contributed by atoms with Gasteiger partial charge in [0.25, 0.3) is 0 Å². The molecule has 1 aliphatic heterocycles. The topological polar surface area (TPSA) is 68.5 Å². The molecule has 2 N–H and O–H groups in total. The Balaban J connectivity index is 1.96. The maximum absolute atomic E-state index is 12.0. The molecule has 1 aromatic rings. The fourth-order valence-corrected chi connectivity index (χ4v) is 2.32. The van der Waals surface area contributed by atoms with Gasteiger partial charge >= 0.3 is 0 Å². The Bertz CT molecular complexity index is 380. The van der Waals surface area contributed by atoms with Crippen molar-refractivity contribution in [3.8, 4) is 0 Å². The lowest BCUT2D eigenvalue weighted by atomic mass is 10.2. The molecule has 1 fully saturated rings. The van der Waals surface area contributed by atoms with Crippen LogP contribution >= 0.6 is 11.3 Å². The number of ether oxygens (including phenoxy) is 1. The largest absolute Gasteiger partial charge is 0.377 e.